The Morgan fingerprint density at radius 3 is 2.84 bits per heavy atom. The van der Waals surface area contributed by atoms with E-state index in [1.807, 2.05) is 0 Å². The fourth-order valence-corrected chi connectivity index (χ4v) is 3.31. The van der Waals surface area contributed by atoms with Crippen LogP contribution in [0.3, 0.4) is 0 Å². The molecular formula is C15H28N2O2. The van der Waals surface area contributed by atoms with Crippen molar-refractivity contribution >= 4 is 5.91 Å². The molecule has 2 saturated heterocycles. The molecule has 0 aliphatic carbocycles. The third-order valence-corrected chi connectivity index (χ3v) is 4.37. The van der Waals surface area contributed by atoms with Crippen LogP contribution in [0, 0.1) is 0 Å². The van der Waals surface area contributed by atoms with Gasteiger partial charge in [-0.05, 0) is 32.6 Å². The van der Waals surface area contributed by atoms with Crippen molar-refractivity contribution < 1.29 is 9.53 Å². The SMILES string of the molecule is CCCCC1NC(CC)N(C2CCOC(C)C2)C1=O. The second-order valence-corrected chi connectivity index (χ2v) is 5.89. The molecule has 0 aromatic carbocycles. The predicted molar refractivity (Wildman–Crippen MR) is 75.8 cm³/mol. The number of ether oxygens (including phenoxy) is 1. The van der Waals surface area contributed by atoms with E-state index >= 15 is 0 Å². The summed E-state index contributed by atoms with van der Waals surface area (Å²) in [5, 5.41) is 3.52. The summed E-state index contributed by atoms with van der Waals surface area (Å²) in [4.78, 5) is 14.7. The van der Waals surface area contributed by atoms with Gasteiger partial charge in [0.25, 0.3) is 0 Å². The van der Waals surface area contributed by atoms with Crippen LogP contribution < -0.4 is 5.32 Å². The molecule has 0 radical (unpaired) electrons. The molecule has 0 aromatic heterocycles. The van der Waals surface area contributed by atoms with Crippen LogP contribution in [0.1, 0.15) is 59.3 Å². The maximum absolute atomic E-state index is 12.6. The van der Waals surface area contributed by atoms with Crippen LogP contribution in [0.4, 0.5) is 0 Å². The summed E-state index contributed by atoms with van der Waals surface area (Å²) in [6.07, 6.45) is 6.69. The number of amides is 1. The molecule has 2 rings (SSSR count). The number of carbonyl (C=O) groups excluding carboxylic acids is 1. The van der Waals surface area contributed by atoms with Gasteiger partial charge in [-0.3, -0.25) is 10.1 Å². The lowest BCUT2D eigenvalue weighted by Crippen LogP contribution is -2.48. The molecular weight excluding hydrogens is 240 g/mol. The van der Waals surface area contributed by atoms with Crippen molar-refractivity contribution in [2.75, 3.05) is 6.61 Å². The zero-order valence-corrected chi connectivity index (χ0v) is 12.5. The van der Waals surface area contributed by atoms with Gasteiger partial charge in [0.05, 0.1) is 18.3 Å². The Labute approximate surface area is 116 Å². The van der Waals surface area contributed by atoms with E-state index in [2.05, 4.69) is 31.0 Å². The quantitative estimate of drug-likeness (QED) is 0.831. The first-order chi connectivity index (χ1) is 9.17. The standard InChI is InChI=1S/C15H28N2O2/c1-4-6-7-13-15(18)17(14(5-2)16-13)12-8-9-19-11(3)10-12/h11-14,16H,4-10H2,1-3H3. The first kappa shape index (κ1) is 14.8. The lowest BCUT2D eigenvalue weighted by atomic mass is 10.0. The van der Waals surface area contributed by atoms with E-state index in [0.29, 0.717) is 11.9 Å². The molecule has 19 heavy (non-hydrogen) atoms. The van der Waals surface area contributed by atoms with Gasteiger partial charge < -0.3 is 9.64 Å². The summed E-state index contributed by atoms with van der Waals surface area (Å²) in [6.45, 7) is 7.22. The van der Waals surface area contributed by atoms with Crippen molar-refractivity contribution in [3.8, 4) is 0 Å². The molecule has 2 aliphatic heterocycles. The van der Waals surface area contributed by atoms with E-state index in [0.717, 1.165) is 45.1 Å². The lowest BCUT2D eigenvalue weighted by Gasteiger charge is -2.37. The van der Waals surface area contributed by atoms with Crippen LogP contribution in [-0.2, 0) is 9.53 Å². The predicted octanol–water partition coefficient (Wildman–Crippen LogP) is 2.28. The molecule has 110 valence electrons. The number of carbonyl (C=O) groups is 1. The van der Waals surface area contributed by atoms with Crippen molar-refractivity contribution in [3.63, 3.8) is 0 Å². The Balaban J connectivity index is 2.02. The Hall–Kier alpha value is -0.610. The van der Waals surface area contributed by atoms with E-state index in [1.165, 1.54) is 0 Å². The van der Waals surface area contributed by atoms with Crippen LogP contribution in [-0.4, -0.2) is 41.8 Å². The van der Waals surface area contributed by atoms with Crippen LogP contribution in [0.5, 0.6) is 0 Å². The third kappa shape index (κ3) is 3.29. The van der Waals surface area contributed by atoms with Crippen molar-refractivity contribution in [2.24, 2.45) is 0 Å². The van der Waals surface area contributed by atoms with Gasteiger partial charge in [-0.15, -0.1) is 0 Å². The van der Waals surface area contributed by atoms with Gasteiger partial charge in [-0.25, -0.2) is 0 Å². The maximum atomic E-state index is 12.6. The summed E-state index contributed by atoms with van der Waals surface area (Å²) in [6, 6.07) is 0.406. The van der Waals surface area contributed by atoms with Crippen molar-refractivity contribution in [1.82, 2.24) is 10.2 Å². The molecule has 2 heterocycles. The van der Waals surface area contributed by atoms with Gasteiger partial charge >= 0.3 is 0 Å². The van der Waals surface area contributed by atoms with Crippen LogP contribution in [0.15, 0.2) is 0 Å². The van der Waals surface area contributed by atoms with E-state index in [9.17, 15) is 4.79 Å². The minimum absolute atomic E-state index is 0.0445. The summed E-state index contributed by atoms with van der Waals surface area (Å²) in [7, 11) is 0. The van der Waals surface area contributed by atoms with Crippen molar-refractivity contribution in [1.29, 1.82) is 0 Å². The first-order valence-electron chi connectivity index (χ1n) is 7.87. The van der Waals surface area contributed by atoms with E-state index in [1.54, 1.807) is 0 Å². The molecule has 0 aromatic rings. The Morgan fingerprint density at radius 1 is 1.42 bits per heavy atom. The monoisotopic (exact) mass is 268 g/mol. The van der Waals surface area contributed by atoms with Crippen molar-refractivity contribution in [2.45, 2.75) is 83.6 Å². The summed E-state index contributed by atoms with van der Waals surface area (Å²) < 4.78 is 5.61. The Kier molecular flexibility index (Phi) is 5.22. The van der Waals surface area contributed by atoms with E-state index in [-0.39, 0.29) is 18.3 Å². The number of unbranched alkanes of at least 4 members (excludes halogenated alkanes) is 1. The Morgan fingerprint density at radius 2 is 2.21 bits per heavy atom. The maximum Gasteiger partial charge on any atom is 0.241 e. The molecule has 1 N–H and O–H groups in total. The van der Waals surface area contributed by atoms with Gasteiger partial charge in [-0.2, -0.15) is 0 Å². The topological polar surface area (TPSA) is 41.6 Å². The lowest BCUT2D eigenvalue weighted by molar-refractivity contribution is -0.135. The molecule has 0 saturated carbocycles. The van der Waals surface area contributed by atoms with Crippen LogP contribution >= 0.6 is 0 Å². The number of nitrogens with zero attached hydrogens (tertiary/aromatic N) is 1. The van der Waals surface area contributed by atoms with Gasteiger partial charge in [0, 0.05) is 12.6 Å². The zero-order valence-electron chi connectivity index (χ0n) is 12.5. The number of rotatable bonds is 5. The molecule has 4 heteroatoms. The highest BCUT2D eigenvalue weighted by Crippen LogP contribution is 2.27. The third-order valence-electron chi connectivity index (χ3n) is 4.37. The minimum Gasteiger partial charge on any atom is -0.378 e. The molecule has 2 fully saturated rings. The minimum atomic E-state index is 0.0445. The largest absolute Gasteiger partial charge is 0.378 e. The number of nitrogens with one attached hydrogen (secondary N) is 1. The average Bonchev–Trinajstić information content (AvgIpc) is 2.73. The van der Waals surface area contributed by atoms with Crippen LogP contribution in [0.2, 0.25) is 0 Å². The summed E-state index contributed by atoms with van der Waals surface area (Å²) >= 11 is 0. The van der Waals surface area contributed by atoms with E-state index in [4.69, 9.17) is 4.74 Å². The fourth-order valence-electron chi connectivity index (χ4n) is 3.31. The highest BCUT2D eigenvalue weighted by atomic mass is 16.5. The number of hydrogen-bond acceptors (Lipinski definition) is 3. The molecule has 0 bridgehead atoms. The highest BCUT2D eigenvalue weighted by Gasteiger charge is 2.42. The molecule has 2 aliphatic rings. The second-order valence-electron chi connectivity index (χ2n) is 5.89. The number of hydrogen-bond donors (Lipinski definition) is 1. The van der Waals surface area contributed by atoms with Crippen LogP contribution in [0.25, 0.3) is 0 Å². The smallest absolute Gasteiger partial charge is 0.241 e. The second kappa shape index (κ2) is 6.71. The molecule has 4 unspecified atom stereocenters. The average molecular weight is 268 g/mol. The van der Waals surface area contributed by atoms with Crippen molar-refractivity contribution in [3.05, 3.63) is 0 Å². The zero-order chi connectivity index (χ0) is 13.8. The molecule has 4 atom stereocenters. The van der Waals surface area contributed by atoms with Gasteiger partial charge in [0.2, 0.25) is 5.91 Å². The fraction of sp³-hybridized carbons (Fsp3) is 0.933. The summed E-state index contributed by atoms with van der Waals surface area (Å²) in [5.74, 6) is 0.319. The molecule has 0 spiro atoms. The molecule has 1 amide bonds. The summed E-state index contributed by atoms with van der Waals surface area (Å²) in [5.41, 5.74) is 0. The van der Waals surface area contributed by atoms with E-state index < -0.39 is 0 Å². The molecule has 4 nitrogen and oxygen atoms in total. The van der Waals surface area contributed by atoms with Gasteiger partial charge in [0.15, 0.2) is 0 Å². The normalized spacial score (nSPS) is 35.9. The first-order valence-corrected chi connectivity index (χ1v) is 7.87. The van der Waals surface area contributed by atoms with Gasteiger partial charge in [-0.1, -0.05) is 26.7 Å². The highest BCUT2D eigenvalue weighted by molar-refractivity contribution is 5.84. The Bertz CT molecular complexity index is 309. The van der Waals surface area contributed by atoms with Gasteiger partial charge in [0.1, 0.15) is 0 Å².